The van der Waals surface area contributed by atoms with Crippen molar-refractivity contribution >= 4 is 23.6 Å². The summed E-state index contributed by atoms with van der Waals surface area (Å²) < 4.78 is 0. The van der Waals surface area contributed by atoms with Gasteiger partial charge in [-0.25, -0.2) is 0 Å². The standard InChI is InChI=1S/C15H32N8O4/c1-9(11(25)22-7-14(3-16,4-17)12(20)26)23-13(27)15(5-18,6-19)8-21-10(2)24/h9H,3-8,16-19H2,1-2H3,(H2,20,26)(H,21,24)(H,22,25)(H,23,27)/t9-/m1/s1. The molecule has 12 heteroatoms. The molecule has 1 atom stereocenters. The number of hydrogen-bond acceptors (Lipinski definition) is 8. The lowest BCUT2D eigenvalue weighted by molar-refractivity contribution is -0.135. The second-order valence-electron chi connectivity index (χ2n) is 6.56. The average molecular weight is 388 g/mol. The van der Waals surface area contributed by atoms with Gasteiger partial charge in [-0.05, 0) is 6.92 Å². The van der Waals surface area contributed by atoms with Crippen molar-refractivity contribution in [1.82, 2.24) is 16.0 Å². The van der Waals surface area contributed by atoms with Crippen molar-refractivity contribution in [1.29, 1.82) is 0 Å². The molecule has 156 valence electrons. The van der Waals surface area contributed by atoms with Crippen LogP contribution in [0.5, 0.6) is 0 Å². The highest BCUT2D eigenvalue weighted by atomic mass is 16.2. The molecule has 0 aliphatic carbocycles. The fourth-order valence-corrected chi connectivity index (χ4v) is 2.13. The molecular weight excluding hydrogens is 356 g/mol. The van der Waals surface area contributed by atoms with Crippen molar-refractivity contribution in [2.75, 3.05) is 39.3 Å². The summed E-state index contributed by atoms with van der Waals surface area (Å²) in [6, 6.07) is -0.964. The molecule has 0 rings (SSSR count). The van der Waals surface area contributed by atoms with Crippen molar-refractivity contribution in [3.63, 3.8) is 0 Å². The molecule has 0 fully saturated rings. The molecule has 12 nitrogen and oxygen atoms in total. The molecule has 13 N–H and O–H groups in total. The van der Waals surface area contributed by atoms with Crippen molar-refractivity contribution in [2.24, 2.45) is 39.5 Å². The Morgan fingerprint density at radius 3 is 1.67 bits per heavy atom. The lowest BCUT2D eigenvalue weighted by Gasteiger charge is -2.31. The second kappa shape index (κ2) is 10.8. The highest BCUT2D eigenvalue weighted by molar-refractivity contribution is 5.91. The van der Waals surface area contributed by atoms with E-state index in [1.807, 2.05) is 0 Å². The van der Waals surface area contributed by atoms with Crippen LogP contribution in [-0.2, 0) is 19.2 Å². The number of hydrogen-bond donors (Lipinski definition) is 8. The summed E-state index contributed by atoms with van der Waals surface area (Å²) in [6.07, 6.45) is 0. The topological polar surface area (TPSA) is 234 Å². The van der Waals surface area contributed by atoms with Crippen LogP contribution in [0.1, 0.15) is 13.8 Å². The smallest absolute Gasteiger partial charge is 0.242 e. The van der Waals surface area contributed by atoms with Gasteiger partial charge in [0.2, 0.25) is 23.6 Å². The molecule has 0 saturated carbocycles. The molecule has 0 radical (unpaired) electrons. The Morgan fingerprint density at radius 2 is 1.30 bits per heavy atom. The predicted octanol–water partition coefficient (Wildman–Crippen LogP) is -4.96. The summed E-state index contributed by atoms with van der Waals surface area (Å²) in [5, 5.41) is 7.51. The minimum Gasteiger partial charge on any atom is -0.369 e. The van der Waals surface area contributed by atoms with Gasteiger partial charge >= 0.3 is 0 Å². The van der Waals surface area contributed by atoms with Gasteiger partial charge in [0.05, 0.1) is 10.8 Å². The van der Waals surface area contributed by atoms with Gasteiger partial charge in [-0.2, -0.15) is 0 Å². The number of amides is 4. The van der Waals surface area contributed by atoms with Gasteiger partial charge in [0, 0.05) is 46.2 Å². The molecule has 0 heterocycles. The van der Waals surface area contributed by atoms with Gasteiger partial charge in [0.1, 0.15) is 6.04 Å². The Hall–Kier alpha value is -2.28. The fourth-order valence-electron chi connectivity index (χ4n) is 2.13. The number of nitrogens with two attached hydrogens (primary N) is 5. The van der Waals surface area contributed by atoms with E-state index >= 15 is 0 Å². The van der Waals surface area contributed by atoms with E-state index in [1.54, 1.807) is 0 Å². The zero-order chi connectivity index (χ0) is 21.3. The molecule has 0 saturated heterocycles. The summed E-state index contributed by atoms with van der Waals surface area (Å²) in [5.74, 6) is -2.22. The van der Waals surface area contributed by atoms with Crippen LogP contribution in [0.3, 0.4) is 0 Å². The summed E-state index contributed by atoms with van der Waals surface area (Å²) in [5.41, 5.74) is 25.2. The first-order valence-electron chi connectivity index (χ1n) is 8.47. The first-order chi connectivity index (χ1) is 12.5. The Morgan fingerprint density at radius 1 is 0.852 bits per heavy atom. The Labute approximate surface area is 158 Å². The summed E-state index contributed by atoms with van der Waals surface area (Å²) >= 11 is 0. The van der Waals surface area contributed by atoms with Crippen molar-refractivity contribution < 1.29 is 19.2 Å². The number of carbonyl (C=O) groups excluding carboxylic acids is 4. The van der Waals surface area contributed by atoms with Crippen molar-refractivity contribution in [3.8, 4) is 0 Å². The van der Waals surface area contributed by atoms with Gasteiger partial charge < -0.3 is 44.6 Å². The normalized spacial score (nSPS) is 12.8. The van der Waals surface area contributed by atoms with Gasteiger partial charge in [0.25, 0.3) is 0 Å². The van der Waals surface area contributed by atoms with E-state index in [2.05, 4.69) is 16.0 Å². The minimum atomic E-state index is -1.27. The third-order valence-electron chi connectivity index (χ3n) is 4.58. The minimum absolute atomic E-state index is 0.0688. The monoisotopic (exact) mass is 388 g/mol. The van der Waals surface area contributed by atoms with Gasteiger partial charge in [-0.1, -0.05) is 0 Å². The van der Waals surface area contributed by atoms with Crippen LogP contribution in [-0.4, -0.2) is 68.9 Å². The third kappa shape index (κ3) is 6.43. The second-order valence-corrected chi connectivity index (χ2v) is 6.56. The zero-order valence-electron chi connectivity index (χ0n) is 15.8. The Balaban J connectivity index is 5.00. The maximum absolute atomic E-state index is 12.6. The molecule has 0 aliphatic heterocycles. The van der Waals surface area contributed by atoms with Gasteiger partial charge in [0.15, 0.2) is 0 Å². The van der Waals surface area contributed by atoms with Crippen LogP contribution in [0.4, 0.5) is 0 Å². The van der Waals surface area contributed by atoms with E-state index in [1.165, 1.54) is 13.8 Å². The number of rotatable bonds is 12. The maximum atomic E-state index is 12.6. The molecule has 0 aliphatic rings. The molecule has 0 aromatic rings. The summed E-state index contributed by atoms with van der Waals surface area (Å²) in [7, 11) is 0. The van der Waals surface area contributed by atoms with Crippen LogP contribution in [0.2, 0.25) is 0 Å². The molecule has 4 amide bonds. The molecule has 27 heavy (non-hydrogen) atoms. The van der Waals surface area contributed by atoms with E-state index < -0.39 is 34.6 Å². The van der Waals surface area contributed by atoms with E-state index in [0.29, 0.717) is 0 Å². The summed E-state index contributed by atoms with van der Waals surface area (Å²) in [6.45, 7) is 1.97. The van der Waals surface area contributed by atoms with E-state index in [0.717, 1.165) is 0 Å². The van der Waals surface area contributed by atoms with Crippen LogP contribution in [0, 0.1) is 10.8 Å². The molecule has 0 unspecified atom stereocenters. The third-order valence-corrected chi connectivity index (χ3v) is 4.58. The largest absolute Gasteiger partial charge is 0.369 e. The predicted molar refractivity (Wildman–Crippen MR) is 99.6 cm³/mol. The van der Waals surface area contributed by atoms with Crippen molar-refractivity contribution in [2.45, 2.75) is 19.9 Å². The molecule has 0 bridgehead atoms. The number of primary amides is 1. The van der Waals surface area contributed by atoms with Crippen LogP contribution >= 0.6 is 0 Å². The first-order valence-corrected chi connectivity index (χ1v) is 8.47. The lowest BCUT2D eigenvalue weighted by atomic mass is 9.86. The fraction of sp³-hybridized carbons (Fsp3) is 0.733. The quantitative estimate of drug-likeness (QED) is 0.161. The number of carbonyl (C=O) groups is 4. The highest BCUT2D eigenvalue weighted by Crippen LogP contribution is 2.14. The van der Waals surface area contributed by atoms with Crippen LogP contribution < -0.4 is 44.6 Å². The molecular formula is C15H32N8O4. The van der Waals surface area contributed by atoms with Crippen LogP contribution in [0.25, 0.3) is 0 Å². The zero-order valence-corrected chi connectivity index (χ0v) is 15.8. The average Bonchev–Trinajstić information content (AvgIpc) is 2.63. The SMILES string of the molecule is CC(=O)NCC(CN)(CN)C(=O)N[C@H](C)C(=O)NCC(CN)(CN)C(N)=O. The highest BCUT2D eigenvalue weighted by Gasteiger charge is 2.38. The van der Waals surface area contributed by atoms with E-state index in [4.69, 9.17) is 28.7 Å². The lowest BCUT2D eigenvalue weighted by Crippen LogP contribution is -2.60. The summed E-state index contributed by atoms with van der Waals surface area (Å²) in [4.78, 5) is 47.5. The van der Waals surface area contributed by atoms with E-state index in [9.17, 15) is 19.2 Å². The molecule has 0 spiro atoms. The first kappa shape index (κ1) is 24.7. The molecule has 0 aromatic carbocycles. The Kier molecular flexibility index (Phi) is 9.86. The Bertz CT molecular complexity index is 546. The van der Waals surface area contributed by atoms with Crippen molar-refractivity contribution in [3.05, 3.63) is 0 Å². The van der Waals surface area contributed by atoms with E-state index in [-0.39, 0.29) is 45.2 Å². The molecule has 0 aromatic heterocycles. The maximum Gasteiger partial charge on any atom is 0.242 e. The van der Waals surface area contributed by atoms with Gasteiger partial charge in [-0.15, -0.1) is 0 Å². The number of nitrogens with one attached hydrogen (secondary N) is 3. The van der Waals surface area contributed by atoms with Crippen LogP contribution in [0.15, 0.2) is 0 Å². The van der Waals surface area contributed by atoms with Gasteiger partial charge in [-0.3, -0.25) is 19.2 Å².